The number of aromatic amines is 1. The third-order valence-corrected chi connectivity index (χ3v) is 5.95. The smallest absolute Gasteiger partial charge is 0.308 e. The molecule has 12 nitrogen and oxygen atoms in total. The SMILES string of the molecule is COc1cc(-c2[nH]nc3c2[C@@H](c2cc(OC)c(OC(C)=O)c(OC)c2)C(C#N)=C(N)O3)cc(OC)c1OC. The first-order valence-electron chi connectivity index (χ1n) is 11.2. The number of nitriles is 1. The van der Waals surface area contributed by atoms with Crippen LogP contribution >= 0.6 is 0 Å². The molecule has 38 heavy (non-hydrogen) atoms. The monoisotopic (exact) mass is 522 g/mol. The normalized spacial score (nSPS) is 14.1. The summed E-state index contributed by atoms with van der Waals surface area (Å²) in [4.78, 5) is 11.7. The fourth-order valence-corrected chi connectivity index (χ4v) is 4.34. The molecule has 1 atom stereocenters. The summed E-state index contributed by atoms with van der Waals surface area (Å²) < 4.78 is 38.5. The number of ether oxygens (including phenoxy) is 7. The molecule has 0 saturated heterocycles. The summed E-state index contributed by atoms with van der Waals surface area (Å²) in [5.41, 5.74) is 8.49. The van der Waals surface area contributed by atoms with Gasteiger partial charge in [-0.25, -0.2) is 0 Å². The zero-order chi connectivity index (χ0) is 27.6. The minimum atomic E-state index is -0.759. The van der Waals surface area contributed by atoms with Crippen LogP contribution in [-0.4, -0.2) is 51.7 Å². The summed E-state index contributed by atoms with van der Waals surface area (Å²) in [6.07, 6.45) is 0. The van der Waals surface area contributed by atoms with Crippen molar-refractivity contribution in [2.45, 2.75) is 12.8 Å². The van der Waals surface area contributed by atoms with Crippen molar-refractivity contribution < 1.29 is 38.0 Å². The van der Waals surface area contributed by atoms with E-state index in [-0.39, 0.29) is 34.6 Å². The summed E-state index contributed by atoms with van der Waals surface area (Å²) in [7, 11) is 7.38. The van der Waals surface area contributed by atoms with E-state index in [9.17, 15) is 10.1 Å². The fraction of sp³-hybridized carbons (Fsp3) is 0.269. The molecule has 3 N–H and O–H groups in total. The molecule has 0 unspecified atom stereocenters. The van der Waals surface area contributed by atoms with Crippen molar-refractivity contribution in [3.63, 3.8) is 0 Å². The Bertz CT molecular complexity index is 1420. The summed E-state index contributed by atoms with van der Waals surface area (Å²) in [5, 5.41) is 17.4. The molecule has 4 rings (SSSR count). The second-order valence-corrected chi connectivity index (χ2v) is 8.00. The van der Waals surface area contributed by atoms with Crippen LogP contribution in [0.2, 0.25) is 0 Å². The minimum Gasteiger partial charge on any atom is -0.493 e. The van der Waals surface area contributed by atoms with Crippen LogP contribution in [0.1, 0.15) is 24.0 Å². The minimum absolute atomic E-state index is 0.102. The maximum Gasteiger partial charge on any atom is 0.308 e. The number of carbonyl (C=O) groups excluding carboxylic acids is 1. The van der Waals surface area contributed by atoms with E-state index >= 15 is 0 Å². The van der Waals surface area contributed by atoms with E-state index in [1.807, 2.05) is 0 Å². The van der Waals surface area contributed by atoms with Crippen LogP contribution in [0.15, 0.2) is 35.7 Å². The summed E-state index contributed by atoms with van der Waals surface area (Å²) in [6.45, 7) is 1.27. The van der Waals surface area contributed by atoms with Gasteiger partial charge >= 0.3 is 5.97 Å². The maximum absolute atomic E-state index is 11.7. The number of nitrogens with zero attached hydrogens (tertiary/aromatic N) is 2. The van der Waals surface area contributed by atoms with E-state index in [0.717, 1.165) is 0 Å². The fourth-order valence-electron chi connectivity index (χ4n) is 4.34. The Morgan fingerprint density at radius 2 is 1.50 bits per heavy atom. The number of nitrogens with two attached hydrogens (primary N) is 1. The Hall–Kier alpha value is -5.05. The van der Waals surface area contributed by atoms with Gasteiger partial charge in [0.05, 0.1) is 52.7 Å². The van der Waals surface area contributed by atoms with Gasteiger partial charge in [-0.2, -0.15) is 5.26 Å². The number of rotatable bonds is 8. The molecule has 198 valence electrons. The zero-order valence-electron chi connectivity index (χ0n) is 21.6. The first-order chi connectivity index (χ1) is 18.3. The molecular weight excluding hydrogens is 496 g/mol. The number of carbonyl (C=O) groups is 1. The van der Waals surface area contributed by atoms with Crippen LogP contribution in [0.25, 0.3) is 11.3 Å². The van der Waals surface area contributed by atoms with Gasteiger partial charge in [0.1, 0.15) is 11.6 Å². The summed E-state index contributed by atoms with van der Waals surface area (Å²) >= 11 is 0. The lowest BCUT2D eigenvalue weighted by atomic mass is 9.82. The highest BCUT2D eigenvalue weighted by Crippen LogP contribution is 2.50. The lowest BCUT2D eigenvalue weighted by molar-refractivity contribution is -0.132. The van der Waals surface area contributed by atoms with Crippen molar-refractivity contribution >= 4 is 5.97 Å². The number of methoxy groups -OCH3 is 5. The number of esters is 1. The second-order valence-electron chi connectivity index (χ2n) is 8.00. The van der Waals surface area contributed by atoms with Crippen molar-refractivity contribution in [2.75, 3.05) is 35.5 Å². The van der Waals surface area contributed by atoms with Crippen LogP contribution < -0.4 is 38.9 Å². The third kappa shape index (κ3) is 4.34. The molecule has 3 aromatic rings. The number of H-pyrrole nitrogens is 1. The standard InChI is InChI=1S/C26H26N4O8/c1-12(31)37-24-18(34-4)7-13(8-19(24)35-5)20-15(11-27)25(28)38-26-21(20)22(29-30-26)14-9-16(32-2)23(36-6)17(10-14)33-3/h7-10,20H,28H2,1-6H3,(H,29,30)/t20-/m0/s1. The van der Waals surface area contributed by atoms with E-state index in [1.165, 1.54) is 42.5 Å². The molecule has 0 bridgehead atoms. The van der Waals surface area contributed by atoms with E-state index in [1.54, 1.807) is 24.3 Å². The number of nitrogens with one attached hydrogen (secondary N) is 1. The predicted molar refractivity (Wildman–Crippen MR) is 134 cm³/mol. The largest absolute Gasteiger partial charge is 0.493 e. The Labute approximate surface area is 218 Å². The number of aromatic nitrogens is 2. The molecule has 0 saturated carbocycles. The van der Waals surface area contributed by atoms with E-state index in [4.69, 9.17) is 38.9 Å². The number of allylic oxidation sites excluding steroid dienone is 1. The van der Waals surface area contributed by atoms with Crippen LogP contribution in [0.5, 0.6) is 40.4 Å². The Kier molecular flexibility index (Phi) is 7.20. The maximum atomic E-state index is 11.7. The van der Waals surface area contributed by atoms with E-state index in [0.29, 0.717) is 39.6 Å². The van der Waals surface area contributed by atoms with Gasteiger partial charge in [0, 0.05) is 12.5 Å². The molecule has 0 spiro atoms. The number of hydrogen-bond acceptors (Lipinski definition) is 11. The molecule has 0 radical (unpaired) electrons. The molecule has 2 aromatic carbocycles. The van der Waals surface area contributed by atoms with Crippen LogP contribution in [0.3, 0.4) is 0 Å². The van der Waals surface area contributed by atoms with Gasteiger partial charge < -0.3 is 38.9 Å². The second kappa shape index (κ2) is 10.5. The molecule has 0 amide bonds. The lowest BCUT2D eigenvalue weighted by Gasteiger charge is -2.25. The van der Waals surface area contributed by atoms with Crippen molar-refractivity contribution in [3.05, 3.63) is 46.8 Å². The Balaban J connectivity index is 1.99. The molecule has 0 fully saturated rings. The van der Waals surface area contributed by atoms with Gasteiger partial charge in [0.25, 0.3) is 0 Å². The van der Waals surface area contributed by atoms with Gasteiger partial charge in [-0.1, -0.05) is 0 Å². The van der Waals surface area contributed by atoms with Crippen LogP contribution in [0.4, 0.5) is 0 Å². The molecule has 2 heterocycles. The molecule has 12 heteroatoms. The van der Waals surface area contributed by atoms with Crippen molar-refractivity contribution in [1.29, 1.82) is 5.26 Å². The van der Waals surface area contributed by atoms with Gasteiger partial charge in [0.15, 0.2) is 23.0 Å². The van der Waals surface area contributed by atoms with Crippen molar-refractivity contribution in [2.24, 2.45) is 5.73 Å². The van der Waals surface area contributed by atoms with E-state index in [2.05, 4.69) is 16.3 Å². The highest BCUT2D eigenvalue weighted by atomic mass is 16.6. The predicted octanol–water partition coefficient (Wildman–Crippen LogP) is 3.26. The van der Waals surface area contributed by atoms with E-state index < -0.39 is 11.9 Å². The Morgan fingerprint density at radius 1 is 0.947 bits per heavy atom. The number of hydrogen-bond donors (Lipinski definition) is 2. The summed E-state index contributed by atoms with van der Waals surface area (Å²) in [5.74, 6) is 0.559. The van der Waals surface area contributed by atoms with Gasteiger partial charge in [0.2, 0.25) is 23.3 Å². The quantitative estimate of drug-likeness (QED) is 0.330. The average molecular weight is 523 g/mol. The van der Waals surface area contributed by atoms with Crippen molar-refractivity contribution in [1.82, 2.24) is 10.2 Å². The lowest BCUT2D eigenvalue weighted by Crippen LogP contribution is -2.21. The first kappa shape index (κ1) is 26.0. The molecule has 0 aliphatic carbocycles. The van der Waals surface area contributed by atoms with Crippen molar-refractivity contribution in [3.8, 4) is 57.7 Å². The van der Waals surface area contributed by atoms with Gasteiger partial charge in [-0.3, -0.25) is 9.89 Å². The molecular formula is C26H26N4O8. The third-order valence-electron chi connectivity index (χ3n) is 5.95. The number of fused-ring (bicyclic) bond motifs is 1. The highest BCUT2D eigenvalue weighted by Gasteiger charge is 2.37. The topological polar surface area (TPSA) is 160 Å². The van der Waals surface area contributed by atoms with Gasteiger partial charge in [-0.05, 0) is 29.8 Å². The molecule has 1 aliphatic rings. The van der Waals surface area contributed by atoms with Crippen LogP contribution in [0, 0.1) is 11.3 Å². The molecule has 1 aromatic heterocycles. The zero-order valence-corrected chi connectivity index (χ0v) is 21.6. The number of benzene rings is 2. The Morgan fingerprint density at radius 3 is 1.97 bits per heavy atom. The highest BCUT2D eigenvalue weighted by molar-refractivity contribution is 5.76. The first-order valence-corrected chi connectivity index (χ1v) is 11.2. The van der Waals surface area contributed by atoms with Crippen LogP contribution in [-0.2, 0) is 4.79 Å². The van der Waals surface area contributed by atoms with Gasteiger partial charge in [-0.15, -0.1) is 5.10 Å². The summed E-state index contributed by atoms with van der Waals surface area (Å²) in [6, 6.07) is 8.90. The molecule has 1 aliphatic heterocycles. The average Bonchev–Trinajstić information content (AvgIpc) is 3.34.